The molecule has 116 valence electrons. The first kappa shape index (κ1) is 16.5. The molecule has 0 aromatic carbocycles. The second-order valence-corrected chi connectivity index (χ2v) is 7.33. The van der Waals surface area contributed by atoms with Gasteiger partial charge in [-0.1, -0.05) is 13.8 Å². The summed E-state index contributed by atoms with van der Waals surface area (Å²) in [7, 11) is 0. The molecule has 2 aromatic heterocycles. The second kappa shape index (κ2) is 6.48. The quantitative estimate of drug-likeness (QED) is 0.943. The summed E-state index contributed by atoms with van der Waals surface area (Å²) in [5.41, 5.74) is 7.62. The Labute approximate surface area is 136 Å². The van der Waals surface area contributed by atoms with Crippen LogP contribution in [-0.4, -0.2) is 33.6 Å². The SMILES string of the molecule is CC1(C)CN(Cc2cc(-n3ccnc3)cs2)CCC1N.Cl. The molecule has 1 aliphatic heterocycles. The standard InChI is InChI=1S/C15H22N4S.ClH/c1-15(2)10-18(5-3-14(15)16)8-13-7-12(9-20-13)19-6-4-17-11-19;/h4,6-7,9,11,14H,3,5,8,10,16H2,1-2H3;1H. The zero-order valence-electron chi connectivity index (χ0n) is 12.5. The van der Waals surface area contributed by atoms with E-state index in [2.05, 4.69) is 39.7 Å². The molecule has 1 unspecified atom stereocenters. The molecular weight excluding hydrogens is 304 g/mol. The number of nitrogens with zero attached hydrogens (tertiary/aromatic N) is 3. The van der Waals surface area contributed by atoms with Gasteiger partial charge in [-0.2, -0.15) is 0 Å². The summed E-state index contributed by atoms with van der Waals surface area (Å²) >= 11 is 1.82. The molecule has 2 aromatic rings. The lowest BCUT2D eigenvalue weighted by Gasteiger charge is -2.42. The lowest BCUT2D eigenvalue weighted by atomic mass is 9.80. The first-order chi connectivity index (χ1) is 9.54. The van der Waals surface area contributed by atoms with Gasteiger partial charge in [0.1, 0.15) is 0 Å². The predicted molar refractivity (Wildman–Crippen MR) is 90.3 cm³/mol. The van der Waals surface area contributed by atoms with Gasteiger partial charge in [0.25, 0.3) is 0 Å². The maximum absolute atomic E-state index is 6.20. The van der Waals surface area contributed by atoms with Crippen molar-refractivity contribution in [2.75, 3.05) is 13.1 Å². The largest absolute Gasteiger partial charge is 0.327 e. The van der Waals surface area contributed by atoms with Crippen LogP contribution in [0.15, 0.2) is 30.2 Å². The molecule has 6 heteroatoms. The molecular formula is C15H23ClN4S. The van der Waals surface area contributed by atoms with Crippen molar-refractivity contribution in [3.05, 3.63) is 35.0 Å². The van der Waals surface area contributed by atoms with E-state index in [1.807, 2.05) is 30.1 Å². The third-order valence-corrected chi connectivity index (χ3v) is 5.12. The van der Waals surface area contributed by atoms with Gasteiger partial charge in [-0.25, -0.2) is 4.98 Å². The first-order valence-electron chi connectivity index (χ1n) is 7.08. The fourth-order valence-corrected chi connectivity index (χ4v) is 3.75. The van der Waals surface area contributed by atoms with Crippen molar-refractivity contribution in [1.29, 1.82) is 0 Å². The number of hydrogen-bond acceptors (Lipinski definition) is 4. The fourth-order valence-electron chi connectivity index (χ4n) is 2.84. The van der Waals surface area contributed by atoms with Crippen molar-refractivity contribution >= 4 is 23.7 Å². The number of imidazole rings is 1. The minimum absolute atomic E-state index is 0. The van der Waals surface area contributed by atoms with Crippen molar-refractivity contribution in [2.24, 2.45) is 11.1 Å². The Kier molecular flexibility index (Phi) is 5.09. The molecule has 0 aliphatic carbocycles. The number of halogens is 1. The van der Waals surface area contributed by atoms with E-state index in [4.69, 9.17) is 5.73 Å². The highest BCUT2D eigenvalue weighted by Crippen LogP contribution is 2.29. The van der Waals surface area contributed by atoms with Gasteiger partial charge in [-0.3, -0.25) is 4.90 Å². The monoisotopic (exact) mass is 326 g/mol. The molecule has 0 bridgehead atoms. The van der Waals surface area contributed by atoms with Crippen molar-refractivity contribution in [3.8, 4) is 5.69 Å². The minimum Gasteiger partial charge on any atom is -0.327 e. The van der Waals surface area contributed by atoms with Crippen LogP contribution in [0.5, 0.6) is 0 Å². The molecule has 1 fully saturated rings. The lowest BCUT2D eigenvalue weighted by Crippen LogP contribution is -2.51. The molecule has 3 rings (SSSR count). The molecule has 2 N–H and O–H groups in total. The van der Waals surface area contributed by atoms with E-state index in [9.17, 15) is 0 Å². The molecule has 1 saturated heterocycles. The van der Waals surface area contributed by atoms with Crippen LogP contribution >= 0.6 is 23.7 Å². The summed E-state index contributed by atoms with van der Waals surface area (Å²) in [5, 5.41) is 2.19. The second-order valence-electron chi connectivity index (χ2n) is 6.34. The van der Waals surface area contributed by atoms with E-state index in [0.29, 0.717) is 6.04 Å². The van der Waals surface area contributed by atoms with Crippen LogP contribution in [0.1, 0.15) is 25.1 Å². The van der Waals surface area contributed by atoms with Gasteiger partial charge in [-0.15, -0.1) is 23.7 Å². The van der Waals surface area contributed by atoms with Gasteiger partial charge in [0.2, 0.25) is 0 Å². The Morgan fingerprint density at radius 1 is 1.48 bits per heavy atom. The summed E-state index contributed by atoms with van der Waals surface area (Å²) in [6, 6.07) is 2.58. The number of rotatable bonds is 3. The Bertz CT molecular complexity index is 564. The number of hydrogen-bond donors (Lipinski definition) is 1. The lowest BCUT2D eigenvalue weighted by molar-refractivity contribution is 0.0907. The molecule has 0 amide bonds. The first-order valence-corrected chi connectivity index (χ1v) is 7.96. The number of thiophene rings is 1. The highest BCUT2D eigenvalue weighted by Gasteiger charge is 2.33. The van der Waals surface area contributed by atoms with Gasteiger partial charge in [0, 0.05) is 48.3 Å². The molecule has 3 heterocycles. The van der Waals surface area contributed by atoms with Crippen molar-refractivity contribution in [1.82, 2.24) is 14.5 Å². The highest BCUT2D eigenvalue weighted by molar-refractivity contribution is 7.10. The zero-order valence-corrected chi connectivity index (χ0v) is 14.2. The molecule has 0 radical (unpaired) electrons. The maximum Gasteiger partial charge on any atom is 0.0991 e. The molecule has 21 heavy (non-hydrogen) atoms. The van der Waals surface area contributed by atoms with E-state index in [-0.39, 0.29) is 17.8 Å². The molecule has 4 nitrogen and oxygen atoms in total. The van der Waals surface area contributed by atoms with Gasteiger partial charge in [0.15, 0.2) is 0 Å². The smallest absolute Gasteiger partial charge is 0.0991 e. The Morgan fingerprint density at radius 2 is 2.29 bits per heavy atom. The highest BCUT2D eigenvalue weighted by atomic mass is 35.5. The third kappa shape index (κ3) is 3.66. The maximum atomic E-state index is 6.20. The van der Waals surface area contributed by atoms with Crippen molar-refractivity contribution < 1.29 is 0 Å². The average Bonchev–Trinajstić information content (AvgIpc) is 3.03. The molecule has 0 saturated carbocycles. The van der Waals surface area contributed by atoms with Gasteiger partial charge in [-0.05, 0) is 17.9 Å². The van der Waals surface area contributed by atoms with E-state index in [1.54, 1.807) is 0 Å². The van der Waals surface area contributed by atoms with Crippen LogP contribution < -0.4 is 5.73 Å². The summed E-state index contributed by atoms with van der Waals surface area (Å²) in [4.78, 5) is 8.02. The number of aromatic nitrogens is 2. The predicted octanol–water partition coefficient (Wildman–Crippen LogP) is 2.91. The summed E-state index contributed by atoms with van der Waals surface area (Å²) < 4.78 is 2.05. The minimum atomic E-state index is 0. The van der Waals surface area contributed by atoms with Gasteiger partial charge in [0.05, 0.1) is 12.0 Å². The summed E-state index contributed by atoms with van der Waals surface area (Å²) in [5.74, 6) is 0. The summed E-state index contributed by atoms with van der Waals surface area (Å²) in [6.45, 7) is 7.75. The molecule has 0 spiro atoms. The van der Waals surface area contributed by atoms with Crippen LogP contribution in [0, 0.1) is 5.41 Å². The Morgan fingerprint density at radius 3 is 2.95 bits per heavy atom. The third-order valence-electron chi connectivity index (χ3n) is 4.21. The number of piperidine rings is 1. The van der Waals surface area contributed by atoms with E-state index < -0.39 is 0 Å². The van der Waals surface area contributed by atoms with E-state index in [1.165, 1.54) is 10.6 Å². The topological polar surface area (TPSA) is 47.1 Å². The van der Waals surface area contributed by atoms with Gasteiger partial charge < -0.3 is 10.3 Å². The van der Waals surface area contributed by atoms with Crippen LogP contribution in [0.25, 0.3) is 5.69 Å². The number of likely N-dealkylation sites (tertiary alicyclic amines) is 1. The van der Waals surface area contributed by atoms with Crippen LogP contribution in [0.3, 0.4) is 0 Å². The summed E-state index contributed by atoms with van der Waals surface area (Å²) in [6.07, 6.45) is 6.72. The van der Waals surface area contributed by atoms with Crippen molar-refractivity contribution in [2.45, 2.75) is 32.9 Å². The molecule has 1 aliphatic rings. The number of nitrogens with two attached hydrogens (primary N) is 1. The zero-order chi connectivity index (χ0) is 14.2. The van der Waals surface area contributed by atoms with E-state index >= 15 is 0 Å². The van der Waals surface area contributed by atoms with Crippen LogP contribution in [0.4, 0.5) is 0 Å². The molecule has 1 atom stereocenters. The van der Waals surface area contributed by atoms with Crippen LogP contribution in [0.2, 0.25) is 0 Å². The van der Waals surface area contributed by atoms with Crippen LogP contribution in [-0.2, 0) is 6.54 Å². The fraction of sp³-hybridized carbons (Fsp3) is 0.533. The van der Waals surface area contributed by atoms with E-state index in [0.717, 1.165) is 26.1 Å². The Hall–Kier alpha value is -0.880. The average molecular weight is 327 g/mol. The van der Waals surface area contributed by atoms with Gasteiger partial charge >= 0.3 is 0 Å². The van der Waals surface area contributed by atoms with Crippen molar-refractivity contribution in [3.63, 3.8) is 0 Å². The Balaban J connectivity index is 0.00000161. The normalized spacial score (nSPS) is 22.0.